The fourth-order valence-corrected chi connectivity index (χ4v) is 2.54. The van der Waals surface area contributed by atoms with E-state index in [9.17, 15) is 0 Å². The molecule has 1 aliphatic rings. The largest absolute Gasteiger partial charge is 0.382 e. The Morgan fingerprint density at radius 2 is 2.24 bits per heavy atom. The quantitative estimate of drug-likeness (QED) is 0.692. The summed E-state index contributed by atoms with van der Waals surface area (Å²) < 4.78 is 5.40. The lowest BCUT2D eigenvalue weighted by Gasteiger charge is -2.25. The zero-order chi connectivity index (χ0) is 12.5. The molecule has 0 radical (unpaired) electrons. The van der Waals surface area contributed by atoms with Gasteiger partial charge in [0.2, 0.25) is 0 Å². The molecule has 17 heavy (non-hydrogen) atoms. The van der Waals surface area contributed by atoms with E-state index in [2.05, 4.69) is 31.0 Å². The Labute approximate surface area is 107 Å². The van der Waals surface area contributed by atoms with Gasteiger partial charge in [-0.05, 0) is 45.2 Å². The topological polar surface area (TPSA) is 24.5 Å². The van der Waals surface area contributed by atoms with E-state index in [1.165, 1.54) is 45.4 Å². The minimum Gasteiger partial charge on any atom is -0.382 e. The Morgan fingerprint density at radius 3 is 2.94 bits per heavy atom. The van der Waals surface area contributed by atoms with Crippen molar-refractivity contribution in [2.75, 3.05) is 39.4 Å². The number of hydrogen-bond donors (Lipinski definition) is 1. The molecule has 0 aromatic carbocycles. The van der Waals surface area contributed by atoms with E-state index in [0.29, 0.717) is 6.04 Å². The number of nitrogens with one attached hydrogen (secondary N) is 1. The second-order valence-electron chi connectivity index (χ2n) is 5.49. The van der Waals surface area contributed by atoms with Crippen molar-refractivity contribution in [3.8, 4) is 0 Å². The zero-order valence-corrected chi connectivity index (χ0v) is 11.9. The predicted molar refractivity (Wildman–Crippen MR) is 73.4 cm³/mol. The second-order valence-corrected chi connectivity index (χ2v) is 5.49. The minimum atomic E-state index is 0.685. The molecule has 3 heteroatoms. The van der Waals surface area contributed by atoms with Crippen LogP contribution in [-0.4, -0.2) is 50.3 Å². The van der Waals surface area contributed by atoms with E-state index in [0.717, 1.165) is 19.1 Å². The summed E-state index contributed by atoms with van der Waals surface area (Å²) in [6.45, 7) is 13.3. The Kier molecular flexibility index (Phi) is 7.82. The van der Waals surface area contributed by atoms with Crippen molar-refractivity contribution in [1.82, 2.24) is 10.2 Å². The normalized spacial score (nSPS) is 22.9. The monoisotopic (exact) mass is 242 g/mol. The number of rotatable bonds is 7. The molecular formula is C14H30N2O. The van der Waals surface area contributed by atoms with Gasteiger partial charge < -0.3 is 15.0 Å². The van der Waals surface area contributed by atoms with E-state index < -0.39 is 0 Å². The highest BCUT2D eigenvalue weighted by molar-refractivity contribution is 4.77. The third-order valence-corrected chi connectivity index (χ3v) is 3.29. The predicted octanol–water partition coefficient (Wildman–Crippen LogP) is 2.12. The first-order valence-corrected chi connectivity index (χ1v) is 7.25. The van der Waals surface area contributed by atoms with Crippen molar-refractivity contribution in [3.05, 3.63) is 0 Å². The van der Waals surface area contributed by atoms with E-state index in [1.807, 2.05) is 0 Å². The van der Waals surface area contributed by atoms with Gasteiger partial charge in [0.1, 0.15) is 0 Å². The molecule has 0 saturated carbocycles. The van der Waals surface area contributed by atoms with Gasteiger partial charge in [0.25, 0.3) is 0 Å². The molecule has 1 N–H and O–H groups in total. The van der Waals surface area contributed by atoms with Crippen molar-refractivity contribution in [2.24, 2.45) is 5.92 Å². The SMILES string of the molecule is CCOCCCN1CCCNC(CC(C)C)C1. The van der Waals surface area contributed by atoms with Gasteiger partial charge in [0.15, 0.2) is 0 Å². The smallest absolute Gasteiger partial charge is 0.0478 e. The molecule has 102 valence electrons. The molecule has 1 unspecified atom stereocenters. The highest BCUT2D eigenvalue weighted by atomic mass is 16.5. The van der Waals surface area contributed by atoms with Gasteiger partial charge in [-0.3, -0.25) is 0 Å². The first-order chi connectivity index (χ1) is 8.22. The summed E-state index contributed by atoms with van der Waals surface area (Å²) in [5.41, 5.74) is 0. The fourth-order valence-electron chi connectivity index (χ4n) is 2.54. The van der Waals surface area contributed by atoms with E-state index >= 15 is 0 Å². The first-order valence-electron chi connectivity index (χ1n) is 7.25. The molecule has 0 spiro atoms. The molecule has 1 aliphatic heterocycles. The standard InChI is InChI=1S/C14H30N2O/c1-4-17-10-6-9-16-8-5-7-15-14(12-16)11-13(2)3/h13-15H,4-12H2,1-3H3. The van der Waals surface area contributed by atoms with E-state index in [1.54, 1.807) is 0 Å². The molecule has 1 rings (SSSR count). The lowest BCUT2D eigenvalue weighted by Crippen LogP contribution is -2.39. The molecule has 1 saturated heterocycles. The Bertz CT molecular complexity index is 185. The number of nitrogens with zero attached hydrogens (tertiary/aromatic N) is 1. The van der Waals surface area contributed by atoms with Crippen molar-refractivity contribution >= 4 is 0 Å². The molecule has 1 fully saturated rings. The maximum atomic E-state index is 5.40. The average molecular weight is 242 g/mol. The minimum absolute atomic E-state index is 0.685. The van der Waals surface area contributed by atoms with Crippen LogP contribution < -0.4 is 5.32 Å². The van der Waals surface area contributed by atoms with Crippen LogP contribution >= 0.6 is 0 Å². The van der Waals surface area contributed by atoms with Crippen molar-refractivity contribution in [1.29, 1.82) is 0 Å². The van der Waals surface area contributed by atoms with Crippen LogP contribution in [0.5, 0.6) is 0 Å². The maximum Gasteiger partial charge on any atom is 0.0478 e. The van der Waals surface area contributed by atoms with Gasteiger partial charge in [-0.25, -0.2) is 0 Å². The molecule has 0 aliphatic carbocycles. The Hall–Kier alpha value is -0.120. The third-order valence-electron chi connectivity index (χ3n) is 3.29. The van der Waals surface area contributed by atoms with Crippen LogP contribution in [0.4, 0.5) is 0 Å². The molecule has 0 aromatic heterocycles. The Balaban J connectivity index is 2.22. The zero-order valence-electron chi connectivity index (χ0n) is 11.9. The van der Waals surface area contributed by atoms with Gasteiger partial charge >= 0.3 is 0 Å². The van der Waals surface area contributed by atoms with Gasteiger partial charge in [-0.15, -0.1) is 0 Å². The van der Waals surface area contributed by atoms with Crippen molar-refractivity contribution in [3.63, 3.8) is 0 Å². The molecule has 1 heterocycles. The summed E-state index contributed by atoms with van der Waals surface area (Å²) in [5, 5.41) is 3.67. The fraction of sp³-hybridized carbons (Fsp3) is 1.00. The van der Waals surface area contributed by atoms with Gasteiger partial charge in [0.05, 0.1) is 0 Å². The molecule has 0 amide bonds. The molecular weight excluding hydrogens is 212 g/mol. The van der Waals surface area contributed by atoms with Crippen LogP contribution in [0.2, 0.25) is 0 Å². The highest BCUT2D eigenvalue weighted by Gasteiger charge is 2.17. The van der Waals surface area contributed by atoms with Gasteiger partial charge in [-0.2, -0.15) is 0 Å². The molecule has 0 aromatic rings. The molecule has 3 nitrogen and oxygen atoms in total. The Morgan fingerprint density at radius 1 is 1.41 bits per heavy atom. The molecule has 1 atom stereocenters. The van der Waals surface area contributed by atoms with Crippen molar-refractivity contribution < 1.29 is 4.74 Å². The average Bonchev–Trinajstić information content (AvgIpc) is 2.49. The summed E-state index contributed by atoms with van der Waals surface area (Å²) >= 11 is 0. The lowest BCUT2D eigenvalue weighted by atomic mass is 10.0. The van der Waals surface area contributed by atoms with E-state index in [-0.39, 0.29) is 0 Å². The summed E-state index contributed by atoms with van der Waals surface area (Å²) in [7, 11) is 0. The first kappa shape index (κ1) is 14.9. The van der Waals surface area contributed by atoms with Crippen LogP contribution in [0.3, 0.4) is 0 Å². The van der Waals surface area contributed by atoms with E-state index in [4.69, 9.17) is 4.74 Å². The van der Waals surface area contributed by atoms with Gasteiger partial charge in [-0.1, -0.05) is 13.8 Å². The van der Waals surface area contributed by atoms with Crippen LogP contribution in [0.15, 0.2) is 0 Å². The van der Waals surface area contributed by atoms with Crippen LogP contribution in [-0.2, 0) is 4.74 Å². The maximum absolute atomic E-state index is 5.40. The lowest BCUT2D eigenvalue weighted by molar-refractivity contribution is 0.130. The van der Waals surface area contributed by atoms with Crippen LogP contribution in [0.1, 0.15) is 40.0 Å². The number of ether oxygens (including phenoxy) is 1. The summed E-state index contributed by atoms with van der Waals surface area (Å²) in [4.78, 5) is 2.60. The summed E-state index contributed by atoms with van der Waals surface area (Å²) in [6, 6.07) is 0.685. The summed E-state index contributed by atoms with van der Waals surface area (Å²) in [6.07, 6.45) is 3.74. The third kappa shape index (κ3) is 7.02. The van der Waals surface area contributed by atoms with Crippen LogP contribution in [0.25, 0.3) is 0 Å². The van der Waals surface area contributed by atoms with Crippen LogP contribution in [0, 0.1) is 5.92 Å². The second kappa shape index (κ2) is 8.90. The summed E-state index contributed by atoms with van der Waals surface area (Å²) in [5.74, 6) is 0.788. The van der Waals surface area contributed by atoms with Crippen molar-refractivity contribution in [2.45, 2.75) is 46.1 Å². The number of hydrogen-bond acceptors (Lipinski definition) is 3. The highest BCUT2D eigenvalue weighted by Crippen LogP contribution is 2.10. The molecule has 0 bridgehead atoms. The van der Waals surface area contributed by atoms with Gasteiger partial charge in [0, 0.05) is 32.3 Å².